The first-order chi connectivity index (χ1) is 8.79. The summed E-state index contributed by atoms with van der Waals surface area (Å²) >= 11 is 9.80. The van der Waals surface area contributed by atoms with Crippen molar-refractivity contribution >= 4 is 27.5 Å². The first-order valence-electron chi connectivity index (χ1n) is 7.02. The summed E-state index contributed by atoms with van der Waals surface area (Å²) in [6, 6.07) is 0. The molecule has 0 N–H and O–H groups in total. The van der Waals surface area contributed by atoms with Crippen molar-refractivity contribution in [2.75, 3.05) is 0 Å². The van der Waals surface area contributed by atoms with Crippen LogP contribution < -0.4 is 0 Å². The molecule has 0 unspecified atom stereocenters. The average molecular weight is 346 g/mol. The van der Waals surface area contributed by atoms with Crippen molar-refractivity contribution in [3.8, 4) is 0 Å². The molecule has 0 bridgehead atoms. The van der Waals surface area contributed by atoms with Gasteiger partial charge in [0.1, 0.15) is 11.0 Å². The molecule has 1 saturated carbocycles. The van der Waals surface area contributed by atoms with E-state index in [1.165, 1.54) is 25.7 Å². The molecule has 0 aromatic carbocycles. The third-order valence-corrected chi connectivity index (χ3v) is 5.17. The summed E-state index contributed by atoms with van der Waals surface area (Å²) in [6.07, 6.45) is 4.91. The van der Waals surface area contributed by atoms with Gasteiger partial charge in [-0.2, -0.15) is 0 Å². The zero-order valence-corrected chi connectivity index (χ0v) is 14.5. The van der Waals surface area contributed by atoms with Crippen LogP contribution in [0, 0.1) is 5.92 Å². The molecule has 4 heteroatoms. The zero-order chi connectivity index (χ0) is 14.2. The maximum absolute atomic E-state index is 6.27. The molecule has 1 heterocycles. The minimum atomic E-state index is -0.0257. The smallest absolute Gasteiger partial charge is 0.147 e. The van der Waals surface area contributed by atoms with Gasteiger partial charge in [0, 0.05) is 11.3 Å². The highest BCUT2D eigenvalue weighted by Gasteiger charge is 2.27. The quantitative estimate of drug-likeness (QED) is 0.629. The van der Waals surface area contributed by atoms with Crippen molar-refractivity contribution < 1.29 is 0 Å². The van der Waals surface area contributed by atoms with Gasteiger partial charge in [0.2, 0.25) is 0 Å². The molecule has 0 amide bonds. The second kappa shape index (κ2) is 5.69. The van der Waals surface area contributed by atoms with Crippen molar-refractivity contribution in [1.82, 2.24) is 9.97 Å². The van der Waals surface area contributed by atoms with Gasteiger partial charge in [-0.15, -0.1) is 0 Å². The number of rotatable bonds is 1. The predicted molar refractivity (Wildman–Crippen MR) is 83.8 cm³/mol. The lowest BCUT2D eigenvalue weighted by Crippen LogP contribution is -2.20. The van der Waals surface area contributed by atoms with Crippen LogP contribution in [-0.4, -0.2) is 9.97 Å². The molecule has 1 aliphatic carbocycles. The number of hydrogen-bond donors (Lipinski definition) is 0. The van der Waals surface area contributed by atoms with Gasteiger partial charge < -0.3 is 0 Å². The molecule has 0 radical (unpaired) electrons. The van der Waals surface area contributed by atoms with E-state index >= 15 is 0 Å². The van der Waals surface area contributed by atoms with Crippen LogP contribution in [0.2, 0.25) is 5.15 Å². The molecule has 2 nitrogen and oxygen atoms in total. The minimum Gasteiger partial charge on any atom is -0.236 e. The monoisotopic (exact) mass is 344 g/mol. The van der Waals surface area contributed by atoms with Crippen molar-refractivity contribution in [2.24, 2.45) is 5.92 Å². The van der Waals surface area contributed by atoms with E-state index in [0.29, 0.717) is 11.1 Å². The van der Waals surface area contributed by atoms with E-state index in [9.17, 15) is 0 Å². The fourth-order valence-corrected chi connectivity index (χ4v) is 3.58. The van der Waals surface area contributed by atoms with Crippen LogP contribution in [0.15, 0.2) is 4.47 Å². The molecule has 0 aliphatic heterocycles. The van der Waals surface area contributed by atoms with Crippen molar-refractivity contribution in [1.29, 1.82) is 0 Å². The molecule has 1 aromatic rings. The second-order valence-electron chi connectivity index (χ2n) is 6.74. The summed E-state index contributed by atoms with van der Waals surface area (Å²) in [5.74, 6) is 2.25. The molecule has 106 valence electrons. The Balaban J connectivity index is 2.34. The summed E-state index contributed by atoms with van der Waals surface area (Å²) in [5, 5.41) is 0.550. The largest absolute Gasteiger partial charge is 0.236 e. The topological polar surface area (TPSA) is 25.8 Å². The van der Waals surface area contributed by atoms with Gasteiger partial charge in [0.15, 0.2) is 0 Å². The highest BCUT2D eigenvalue weighted by Crippen LogP contribution is 2.38. The Bertz CT molecular complexity index is 460. The van der Waals surface area contributed by atoms with E-state index in [1.807, 2.05) is 0 Å². The minimum absolute atomic E-state index is 0.0257. The third kappa shape index (κ3) is 3.49. The summed E-state index contributed by atoms with van der Waals surface area (Å²) in [6.45, 7) is 8.79. The standard InChI is InChI=1S/C15H22BrClN2/c1-9-5-7-10(8-6-9)14-18-12(15(2,3)4)11(16)13(17)19-14/h9-10H,5-8H2,1-4H3. The molecule has 19 heavy (non-hydrogen) atoms. The Morgan fingerprint density at radius 1 is 1.11 bits per heavy atom. The zero-order valence-electron chi connectivity index (χ0n) is 12.1. The number of aromatic nitrogens is 2. The Morgan fingerprint density at radius 3 is 2.21 bits per heavy atom. The Labute approximate surface area is 129 Å². The lowest BCUT2D eigenvalue weighted by molar-refractivity contribution is 0.338. The van der Waals surface area contributed by atoms with Gasteiger partial charge in [-0.3, -0.25) is 0 Å². The van der Waals surface area contributed by atoms with Gasteiger partial charge in [-0.1, -0.05) is 52.1 Å². The van der Waals surface area contributed by atoms with Crippen LogP contribution in [0.25, 0.3) is 0 Å². The van der Waals surface area contributed by atoms with Crippen molar-refractivity contribution in [2.45, 2.75) is 64.7 Å². The fraction of sp³-hybridized carbons (Fsp3) is 0.733. The van der Waals surface area contributed by atoms with Gasteiger partial charge in [0.25, 0.3) is 0 Å². The molecule has 0 atom stereocenters. The van der Waals surface area contributed by atoms with E-state index in [4.69, 9.17) is 16.6 Å². The second-order valence-corrected chi connectivity index (χ2v) is 7.89. The summed E-state index contributed by atoms with van der Waals surface area (Å²) < 4.78 is 0.842. The third-order valence-electron chi connectivity index (χ3n) is 3.92. The first kappa shape index (κ1) is 15.2. The van der Waals surface area contributed by atoms with E-state index < -0.39 is 0 Å². The maximum Gasteiger partial charge on any atom is 0.147 e. The summed E-state index contributed by atoms with van der Waals surface area (Å²) in [5.41, 5.74) is 0.989. The normalized spacial score (nSPS) is 24.5. The molecule has 0 saturated heterocycles. The summed E-state index contributed by atoms with van der Waals surface area (Å²) in [7, 11) is 0. The molecular weight excluding hydrogens is 324 g/mol. The molecule has 1 aromatic heterocycles. The van der Waals surface area contributed by atoms with Gasteiger partial charge in [-0.05, 0) is 34.7 Å². The lowest BCUT2D eigenvalue weighted by atomic mass is 9.82. The van der Waals surface area contributed by atoms with E-state index in [1.54, 1.807) is 0 Å². The number of hydrogen-bond acceptors (Lipinski definition) is 2. The Hall–Kier alpha value is -0.150. The highest BCUT2D eigenvalue weighted by molar-refractivity contribution is 9.10. The van der Waals surface area contributed by atoms with Gasteiger partial charge in [-0.25, -0.2) is 9.97 Å². The molecule has 2 rings (SSSR count). The van der Waals surface area contributed by atoms with Crippen LogP contribution in [0.1, 0.15) is 70.8 Å². The fourth-order valence-electron chi connectivity index (χ4n) is 2.63. The van der Waals surface area contributed by atoms with Gasteiger partial charge >= 0.3 is 0 Å². The van der Waals surface area contributed by atoms with E-state index in [0.717, 1.165) is 21.9 Å². The number of halogens is 2. The first-order valence-corrected chi connectivity index (χ1v) is 8.19. The van der Waals surface area contributed by atoms with Crippen LogP contribution in [0.3, 0.4) is 0 Å². The van der Waals surface area contributed by atoms with Crippen molar-refractivity contribution in [3.05, 3.63) is 21.1 Å². The predicted octanol–water partition coefficient (Wildman–Crippen LogP) is 5.48. The van der Waals surface area contributed by atoms with Gasteiger partial charge in [0.05, 0.1) is 10.2 Å². The highest BCUT2D eigenvalue weighted by atomic mass is 79.9. The van der Waals surface area contributed by atoms with Crippen LogP contribution in [-0.2, 0) is 5.41 Å². The van der Waals surface area contributed by atoms with Crippen LogP contribution in [0.5, 0.6) is 0 Å². The summed E-state index contributed by atoms with van der Waals surface area (Å²) in [4.78, 5) is 9.31. The van der Waals surface area contributed by atoms with E-state index in [2.05, 4.69) is 48.6 Å². The average Bonchev–Trinajstić information content (AvgIpc) is 2.32. The maximum atomic E-state index is 6.27. The van der Waals surface area contributed by atoms with Crippen LogP contribution >= 0.6 is 27.5 Å². The molecule has 1 fully saturated rings. The SMILES string of the molecule is CC1CCC(c2nc(Cl)c(Br)c(C(C)(C)C)n2)CC1. The van der Waals surface area contributed by atoms with Crippen LogP contribution in [0.4, 0.5) is 0 Å². The Kier molecular flexibility index (Phi) is 4.56. The van der Waals surface area contributed by atoms with Crippen molar-refractivity contribution in [3.63, 3.8) is 0 Å². The number of nitrogens with zero attached hydrogens (tertiary/aromatic N) is 2. The lowest BCUT2D eigenvalue weighted by Gasteiger charge is -2.27. The Morgan fingerprint density at radius 2 is 1.68 bits per heavy atom. The van der Waals surface area contributed by atoms with E-state index in [-0.39, 0.29) is 5.41 Å². The molecule has 1 aliphatic rings. The molecule has 0 spiro atoms. The molecular formula is C15H22BrClN2.